The lowest BCUT2D eigenvalue weighted by atomic mass is 9.97. The number of para-hydroxylation sites is 1. The summed E-state index contributed by atoms with van der Waals surface area (Å²) in [7, 11) is 0. The summed E-state index contributed by atoms with van der Waals surface area (Å²) in [6.07, 6.45) is 0.922. The summed E-state index contributed by atoms with van der Waals surface area (Å²) >= 11 is 1.50. The van der Waals surface area contributed by atoms with Crippen molar-refractivity contribution in [2.24, 2.45) is 5.92 Å². The van der Waals surface area contributed by atoms with Crippen molar-refractivity contribution in [2.75, 3.05) is 19.0 Å². The fraction of sp³-hybridized carbons (Fsp3) is 0.500. The first-order chi connectivity index (χ1) is 18.6. The third kappa shape index (κ3) is 7.33. The zero-order valence-corrected chi connectivity index (χ0v) is 23.9. The summed E-state index contributed by atoms with van der Waals surface area (Å²) < 4.78 is 5.29. The Kier molecular flexibility index (Phi) is 9.23. The molecule has 2 aromatic carbocycles. The van der Waals surface area contributed by atoms with Crippen LogP contribution in [0.1, 0.15) is 43.4 Å². The van der Waals surface area contributed by atoms with E-state index in [0.717, 1.165) is 29.5 Å². The highest BCUT2D eigenvalue weighted by atomic mass is 32.2. The SMILES string of the molecule is Cc1cccc(C)c1OCC(=O)N[C@@H](Cc1ccccc1)[C@H](O)C(=O)N1CSC(C)(C)[C@H]1C(=O)NCC1CC1. The quantitative estimate of drug-likeness (QED) is 0.395. The molecule has 1 saturated heterocycles. The lowest BCUT2D eigenvalue weighted by Crippen LogP contribution is -2.59. The second-order valence-electron chi connectivity index (χ2n) is 11.1. The van der Waals surface area contributed by atoms with Crippen LogP contribution < -0.4 is 15.4 Å². The molecule has 0 radical (unpaired) electrons. The van der Waals surface area contributed by atoms with Crippen LogP contribution >= 0.6 is 11.8 Å². The number of amides is 3. The van der Waals surface area contributed by atoms with Crippen molar-refractivity contribution in [3.63, 3.8) is 0 Å². The van der Waals surface area contributed by atoms with Crippen LogP contribution in [-0.2, 0) is 20.8 Å². The number of hydrogen-bond acceptors (Lipinski definition) is 6. The van der Waals surface area contributed by atoms with Gasteiger partial charge < -0.3 is 25.4 Å². The van der Waals surface area contributed by atoms with Crippen molar-refractivity contribution in [2.45, 2.75) is 69.9 Å². The summed E-state index contributed by atoms with van der Waals surface area (Å²) in [5.41, 5.74) is 2.69. The van der Waals surface area contributed by atoms with E-state index in [9.17, 15) is 19.5 Å². The van der Waals surface area contributed by atoms with E-state index < -0.39 is 34.7 Å². The molecule has 3 N–H and O–H groups in total. The second kappa shape index (κ2) is 12.4. The van der Waals surface area contributed by atoms with Gasteiger partial charge in [-0.25, -0.2) is 0 Å². The standard InChI is InChI=1S/C30H39N3O5S/c1-19-9-8-10-20(2)26(19)38-17-24(34)32-23(15-21-11-6-5-7-12-21)25(35)29(37)33-18-39-30(3,4)27(33)28(36)31-16-22-13-14-22/h5-12,22-23,25,27,35H,13-18H2,1-4H3,(H,31,36)(H,32,34)/t23-,25-,27+/m0/s1. The Bertz CT molecular complexity index is 1160. The predicted octanol–water partition coefficient (Wildman–Crippen LogP) is 2.98. The minimum Gasteiger partial charge on any atom is -0.483 e. The van der Waals surface area contributed by atoms with Gasteiger partial charge in [0.2, 0.25) is 5.91 Å². The molecule has 4 rings (SSSR count). The number of aryl methyl sites for hydroxylation is 2. The Balaban J connectivity index is 1.48. The average molecular weight is 554 g/mol. The minimum atomic E-state index is -1.54. The fourth-order valence-corrected chi connectivity index (χ4v) is 6.08. The Morgan fingerprint density at radius 2 is 1.74 bits per heavy atom. The van der Waals surface area contributed by atoms with Gasteiger partial charge in [-0.2, -0.15) is 0 Å². The van der Waals surface area contributed by atoms with Crippen molar-refractivity contribution in [3.05, 3.63) is 65.2 Å². The largest absolute Gasteiger partial charge is 0.483 e. The molecule has 8 nitrogen and oxygen atoms in total. The topological polar surface area (TPSA) is 108 Å². The van der Waals surface area contributed by atoms with Crippen LogP contribution in [0.25, 0.3) is 0 Å². The molecule has 2 fully saturated rings. The third-order valence-corrected chi connectivity index (χ3v) is 8.75. The highest BCUT2D eigenvalue weighted by Crippen LogP contribution is 2.40. The number of aliphatic hydroxyl groups excluding tert-OH is 1. The van der Waals surface area contributed by atoms with Gasteiger partial charge in [-0.15, -0.1) is 11.8 Å². The molecule has 3 atom stereocenters. The van der Waals surface area contributed by atoms with E-state index in [4.69, 9.17) is 4.74 Å². The first-order valence-corrected chi connectivity index (χ1v) is 14.5. The van der Waals surface area contributed by atoms with E-state index in [-0.39, 0.29) is 24.8 Å². The molecule has 0 spiro atoms. The van der Waals surface area contributed by atoms with Crippen LogP contribution in [-0.4, -0.2) is 69.7 Å². The fourth-order valence-electron chi connectivity index (χ4n) is 4.94. The van der Waals surface area contributed by atoms with Gasteiger partial charge in [-0.3, -0.25) is 14.4 Å². The van der Waals surface area contributed by atoms with E-state index in [2.05, 4.69) is 10.6 Å². The van der Waals surface area contributed by atoms with Crippen LogP contribution in [0.15, 0.2) is 48.5 Å². The molecular weight excluding hydrogens is 514 g/mol. The monoisotopic (exact) mass is 553 g/mol. The van der Waals surface area contributed by atoms with Gasteiger partial charge >= 0.3 is 0 Å². The normalized spacial score (nSPS) is 19.7. The second-order valence-corrected chi connectivity index (χ2v) is 12.7. The zero-order valence-electron chi connectivity index (χ0n) is 23.1. The molecule has 0 aromatic heterocycles. The lowest BCUT2D eigenvalue weighted by Gasteiger charge is -2.33. The van der Waals surface area contributed by atoms with E-state index in [1.54, 1.807) is 0 Å². The number of ether oxygens (including phenoxy) is 1. The Morgan fingerprint density at radius 1 is 1.08 bits per heavy atom. The first-order valence-electron chi connectivity index (χ1n) is 13.5. The van der Waals surface area contributed by atoms with Crippen molar-refractivity contribution >= 4 is 29.5 Å². The maximum absolute atomic E-state index is 13.7. The average Bonchev–Trinajstić information content (AvgIpc) is 3.67. The van der Waals surface area contributed by atoms with Gasteiger partial charge in [0, 0.05) is 11.3 Å². The zero-order chi connectivity index (χ0) is 28.2. The molecule has 1 aliphatic heterocycles. The van der Waals surface area contributed by atoms with Gasteiger partial charge in [0.05, 0.1) is 11.9 Å². The van der Waals surface area contributed by atoms with Gasteiger partial charge in [-0.1, -0.05) is 48.5 Å². The number of carbonyl (C=O) groups excluding carboxylic acids is 3. The number of nitrogens with zero attached hydrogens (tertiary/aromatic N) is 1. The molecule has 3 amide bonds. The summed E-state index contributed by atoms with van der Waals surface area (Å²) in [6.45, 7) is 8.05. The first kappa shape index (κ1) is 29.0. The number of benzene rings is 2. The number of carbonyl (C=O) groups is 3. The third-order valence-electron chi connectivity index (χ3n) is 7.37. The lowest BCUT2D eigenvalue weighted by molar-refractivity contribution is -0.147. The number of hydrogen-bond donors (Lipinski definition) is 3. The molecule has 9 heteroatoms. The van der Waals surface area contributed by atoms with Crippen LogP contribution in [0.5, 0.6) is 5.75 Å². The summed E-state index contributed by atoms with van der Waals surface area (Å²) in [6, 6.07) is 13.5. The molecule has 0 bridgehead atoms. The number of rotatable bonds is 11. The maximum atomic E-state index is 13.7. The maximum Gasteiger partial charge on any atom is 0.258 e. The highest BCUT2D eigenvalue weighted by Gasteiger charge is 2.50. The van der Waals surface area contributed by atoms with Gasteiger partial charge in [-0.05, 0) is 69.6 Å². The van der Waals surface area contributed by atoms with Crippen molar-refractivity contribution in [1.29, 1.82) is 0 Å². The molecule has 2 aromatic rings. The molecule has 1 saturated carbocycles. The summed E-state index contributed by atoms with van der Waals surface area (Å²) in [5.74, 6) is 0.212. The molecule has 210 valence electrons. The van der Waals surface area contributed by atoms with Gasteiger partial charge in [0.1, 0.15) is 11.8 Å². The molecule has 39 heavy (non-hydrogen) atoms. The van der Waals surface area contributed by atoms with Gasteiger partial charge in [0.25, 0.3) is 11.8 Å². The smallest absolute Gasteiger partial charge is 0.258 e. The van der Waals surface area contributed by atoms with E-state index >= 15 is 0 Å². The molecular formula is C30H39N3O5S. The van der Waals surface area contributed by atoms with E-state index in [1.165, 1.54) is 16.7 Å². The predicted molar refractivity (Wildman–Crippen MR) is 152 cm³/mol. The number of aliphatic hydroxyl groups is 1. The molecule has 1 heterocycles. The number of nitrogens with one attached hydrogen (secondary N) is 2. The van der Waals surface area contributed by atoms with Crippen LogP contribution in [0.3, 0.4) is 0 Å². The van der Waals surface area contributed by atoms with E-state index in [1.807, 2.05) is 76.2 Å². The Morgan fingerprint density at radius 3 is 2.38 bits per heavy atom. The summed E-state index contributed by atoms with van der Waals surface area (Å²) in [4.78, 5) is 41.3. The van der Waals surface area contributed by atoms with Crippen LogP contribution in [0.2, 0.25) is 0 Å². The van der Waals surface area contributed by atoms with Gasteiger partial charge in [0.15, 0.2) is 12.7 Å². The van der Waals surface area contributed by atoms with Crippen molar-refractivity contribution in [1.82, 2.24) is 15.5 Å². The molecule has 1 aliphatic carbocycles. The van der Waals surface area contributed by atoms with Crippen LogP contribution in [0.4, 0.5) is 0 Å². The summed E-state index contributed by atoms with van der Waals surface area (Å²) in [5, 5.41) is 17.1. The Hall–Kier alpha value is -3.04. The minimum absolute atomic E-state index is 0.205. The molecule has 0 unspecified atom stereocenters. The van der Waals surface area contributed by atoms with Crippen LogP contribution in [0, 0.1) is 19.8 Å². The highest BCUT2D eigenvalue weighted by molar-refractivity contribution is 8.00. The van der Waals surface area contributed by atoms with Crippen molar-refractivity contribution in [3.8, 4) is 5.75 Å². The Labute approximate surface area is 234 Å². The van der Waals surface area contributed by atoms with E-state index in [0.29, 0.717) is 18.2 Å². The number of thioether (sulfide) groups is 1. The molecule has 2 aliphatic rings. The van der Waals surface area contributed by atoms with Crippen molar-refractivity contribution < 1.29 is 24.2 Å².